The topological polar surface area (TPSA) is 72.9 Å². The molecule has 0 aliphatic carbocycles. The molecule has 6 nitrogen and oxygen atoms in total. The number of hydrogen-bond donors (Lipinski definition) is 0. The standard InChI is InChI=1S/C15H15NO5S/c1-3-20-13(17)9-21-11-6-4-10(5-7-11)8-12-14(18)16(2)15(19)22-12/h4-8H,3,9H2,1-2H3/b12-8-. The number of rotatable bonds is 5. The number of ether oxygens (including phenoxy) is 2. The Morgan fingerprint density at radius 3 is 2.50 bits per heavy atom. The van der Waals surface area contributed by atoms with Crippen LogP contribution >= 0.6 is 11.8 Å². The van der Waals surface area contributed by atoms with Gasteiger partial charge in [-0.1, -0.05) is 12.1 Å². The molecule has 0 bridgehead atoms. The lowest BCUT2D eigenvalue weighted by atomic mass is 10.2. The first-order chi connectivity index (χ1) is 10.5. The van der Waals surface area contributed by atoms with Gasteiger partial charge in [0.25, 0.3) is 11.1 Å². The first-order valence-corrected chi connectivity index (χ1v) is 7.43. The largest absolute Gasteiger partial charge is 0.482 e. The third-order valence-electron chi connectivity index (χ3n) is 2.83. The molecule has 0 spiro atoms. The van der Waals surface area contributed by atoms with E-state index in [2.05, 4.69) is 0 Å². The fourth-order valence-electron chi connectivity index (χ4n) is 1.70. The van der Waals surface area contributed by atoms with Gasteiger partial charge < -0.3 is 9.47 Å². The minimum Gasteiger partial charge on any atom is -0.482 e. The maximum absolute atomic E-state index is 11.8. The van der Waals surface area contributed by atoms with Crippen LogP contribution in [0.1, 0.15) is 12.5 Å². The van der Waals surface area contributed by atoms with Crippen LogP contribution in [0, 0.1) is 0 Å². The highest BCUT2D eigenvalue weighted by molar-refractivity contribution is 8.18. The van der Waals surface area contributed by atoms with Crippen molar-refractivity contribution < 1.29 is 23.9 Å². The average molecular weight is 321 g/mol. The van der Waals surface area contributed by atoms with Crippen LogP contribution in [0.5, 0.6) is 5.75 Å². The summed E-state index contributed by atoms with van der Waals surface area (Å²) in [5, 5.41) is -0.286. The van der Waals surface area contributed by atoms with Crippen molar-refractivity contribution in [2.24, 2.45) is 0 Å². The second kappa shape index (κ2) is 7.13. The Hall–Kier alpha value is -2.28. The molecule has 1 aliphatic rings. The Balaban J connectivity index is 1.99. The normalized spacial score (nSPS) is 16.3. The van der Waals surface area contributed by atoms with E-state index in [1.54, 1.807) is 37.3 Å². The number of benzene rings is 1. The molecule has 1 heterocycles. The Morgan fingerprint density at radius 2 is 1.95 bits per heavy atom. The van der Waals surface area contributed by atoms with Gasteiger partial charge in [0, 0.05) is 7.05 Å². The number of imide groups is 1. The van der Waals surface area contributed by atoms with Gasteiger partial charge in [0.2, 0.25) is 0 Å². The van der Waals surface area contributed by atoms with E-state index < -0.39 is 5.97 Å². The lowest BCUT2D eigenvalue weighted by Crippen LogP contribution is -2.22. The van der Waals surface area contributed by atoms with Gasteiger partial charge in [-0.25, -0.2) is 4.79 Å². The molecule has 22 heavy (non-hydrogen) atoms. The Morgan fingerprint density at radius 1 is 1.27 bits per heavy atom. The molecule has 0 N–H and O–H groups in total. The van der Waals surface area contributed by atoms with E-state index in [1.807, 2.05) is 0 Å². The summed E-state index contributed by atoms with van der Waals surface area (Å²) in [5.41, 5.74) is 0.766. The number of thioether (sulfide) groups is 1. The lowest BCUT2D eigenvalue weighted by molar-refractivity contribution is -0.145. The fraction of sp³-hybridized carbons (Fsp3) is 0.267. The molecule has 2 amide bonds. The molecule has 1 aliphatic heterocycles. The summed E-state index contributed by atoms with van der Waals surface area (Å²) in [6.45, 7) is 1.89. The first kappa shape index (κ1) is 16.1. The van der Waals surface area contributed by atoms with E-state index in [9.17, 15) is 14.4 Å². The van der Waals surface area contributed by atoms with Crippen molar-refractivity contribution in [3.8, 4) is 5.75 Å². The van der Waals surface area contributed by atoms with E-state index in [0.29, 0.717) is 17.3 Å². The molecule has 0 saturated carbocycles. The number of nitrogens with zero attached hydrogens (tertiary/aromatic N) is 1. The van der Waals surface area contributed by atoms with Crippen molar-refractivity contribution in [3.63, 3.8) is 0 Å². The third-order valence-corrected chi connectivity index (χ3v) is 3.79. The monoisotopic (exact) mass is 321 g/mol. The number of carbonyl (C=O) groups is 3. The van der Waals surface area contributed by atoms with Crippen LogP contribution in [0.2, 0.25) is 0 Å². The predicted octanol–water partition coefficient (Wildman–Crippen LogP) is 2.29. The van der Waals surface area contributed by atoms with Gasteiger partial charge in [0.15, 0.2) is 6.61 Å². The van der Waals surface area contributed by atoms with Gasteiger partial charge in [-0.05, 0) is 42.5 Å². The van der Waals surface area contributed by atoms with Gasteiger partial charge in [-0.3, -0.25) is 14.5 Å². The van der Waals surface area contributed by atoms with Gasteiger partial charge in [-0.2, -0.15) is 0 Å². The summed E-state index contributed by atoms with van der Waals surface area (Å²) in [5.74, 6) is -0.213. The maximum Gasteiger partial charge on any atom is 0.344 e. The van der Waals surface area contributed by atoms with Crippen molar-refractivity contribution in [2.75, 3.05) is 20.3 Å². The molecular weight excluding hydrogens is 306 g/mol. The third kappa shape index (κ3) is 3.88. The summed E-state index contributed by atoms with van der Waals surface area (Å²) in [7, 11) is 1.45. The molecule has 1 saturated heterocycles. The van der Waals surface area contributed by atoms with Crippen molar-refractivity contribution in [1.82, 2.24) is 4.90 Å². The number of amides is 2. The van der Waals surface area contributed by atoms with Crippen molar-refractivity contribution >= 4 is 35.0 Å². The van der Waals surface area contributed by atoms with Crippen LogP contribution < -0.4 is 4.74 Å². The van der Waals surface area contributed by atoms with Gasteiger partial charge in [-0.15, -0.1) is 0 Å². The molecule has 0 radical (unpaired) electrons. The Bertz CT molecular complexity index is 623. The van der Waals surface area contributed by atoms with Crippen molar-refractivity contribution in [2.45, 2.75) is 6.92 Å². The molecule has 0 unspecified atom stereocenters. The highest BCUT2D eigenvalue weighted by atomic mass is 32.2. The highest BCUT2D eigenvalue weighted by Crippen LogP contribution is 2.31. The molecule has 1 aromatic rings. The second-order valence-electron chi connectivity index (χ2n) is 4.40. The van der Waals surface area contributed by atoms with E-state index in [4.69, 9.17) is 9.47 Å². The van der Waals surface area contributed by atoms with Crippen LogP contribution in [0.3, 0.4) is 0 Å². The zero-order valence-electron chi connectivity index (χ0n) is 12.2. The predicted molar refractivity (Wildman–Crippen MR) is 82.3 cm³/mol. The number of carbonyl (C=O) groups excluding carboxylic acids is 3. The summed E-state index contributed by atoms with van der Waals surface area (Å²) in [6, 6.07) is 6.84. The molecule has 2 rings (SSSR count). The first-order valence-electron chi connectivity index (χ1n) is 6.61. The zero-order valence-corrected chi connectivity index (χ0v) is 13.0. The second-order valence-corrected chi connectivity index (χ2v) is 5.40. The average Bonchev–Trinajstić information content (AvgIpc) is 2.74. The minimum atomic E-state index is -0.428. The van der Waals surface area contributed by atoms with Crippen LogP contribution in [0.15, 0.2) is 29.2 Å². The van der Waals surface area contributed by atoms with E-state index in [1.165, 1.54) is 7.05 Å². The molecule has 116 valence electrons. The van der Waals surface area contributed by atoms with Crippen LogP contribution in [0.4, 0.5) is 4.79 Å². The smallest absolute Gasteiger partial charge is 0.344 e. The number of hydrogen-bond acceptors (Lipinski definition) is 6. The minimum absolute atomic E-state index is 0.151. The van der Waals surface area contributed by atoms with Gasteiger partial charge in [0.05, 0.1) is 11.5 Å². The van der Waals surface area contributed by atoms with E-state index in [-0.39, 0.29) is 17.8 Å². The molecule has 0 aromatic heterocycles. The SMILES string of the molecule is CCOC(=O)COc1ccc(/C=C2\SC(=O)N(C)C2=O)cc1. The van der Waals surface area contributed by atoms with Gasteiger partial charge in [0.1, 0.15) is 5.75 Å². The Labute approximate surface area is 132 Å². The van der Waals surface area contributed by atoms with Crippen molar-refractivity contribution in [1.29, 1.82) is 0 Å². The lowest BCUT2D eigenvalue weighted by Gasteiger charge is -2.06. The van der Waals surface area contributed by atoms with Crippen LogP contribution in [-0.2, 0) is 14.3 Å². The van der Waals surface area contributed by atoms with Crippen molar-refractivity contribution in [3.05, 3.63) is 34.7 Å². The highest BCUT2D eigenvalue weighted by Gasteiger charge is 2.31. The zero-order chi connectivity index (χ0) is 16.1. The van der Waals surface area contributed by atoms with E-state index >= 15 is 0 Å². The molecule has 1 aromatic carbocycles. The van der Waals surface area contributed by atoms with Crippen LogP contribution in [-0.4, -0.2) is 42.3 Å². The molecular formula is C15H15NO5S. The molecule has 0 atom stereocenters. The Kier molecular flexibility index (Phi) is 5.21. The maximum atomic E-state index is 11.8. The summed E-state index contributed by atoms with van der Waals surface area (Å²) in [4.78, 5) is 35.8. The summed E-state index contributed by atoms with van der Waals surface area (Å²) >= 11 is 0.907. The van der Waals surface area contributed by atoms with Gasteiger partial charge >= 0.3 is 5.97 Å². The summed E-state index contributed by atoms with van der Waals surface area (Å²) in [6.07, 6.45) is 1.64. The van der Waals surface area contributed by atoms with Crippen LogP contribution in [0.25, 0.3) is 6.08 Å². The number of esters is 1. The summed E-state index contributed by atoms with van der Waals surface area (Å²) < 4.78 is 10.0. The van der Waals surface area contributed by atoms with E-state index in [0.717, 1.165) is 22.2 Å². The molecule has 7 heteroatoms. The quantitative estimate of drug-likeness (QED) is 0.612. The number of likely N-dealkylation sites (N-methyl/N-ethyl adjacent to an activating group) is 1. The fourth-order valence-corrected chi connectivity index (χ4v) is 2.53. The molecule has 1 fully saturated rings.